The first-order valence-corrected chi connectivity index (χ1v) is 25.4. The summed E-state index contributed by atoms with van der Waals surface area (Å²) in [4.78, 5) is 44.6. The summed E-state index contributed by atoms with van der Waals surface area (Å²) in [5, 5.41) is 94.0. The van der Waals surface area contributed by atoms with E-state index in [1.54, 1.807) is 45.0 Å². The van der Waals surface area contributed by atoms with Gasteiger partial charge < -0.3 is 92.8 Å². The van der Waals surface area contributed by atoms with Crippen molar-refractivity contribution in [3.05, 3.63) is 55.9 Å². The number of fused-ring (bicyclic) bond motifs is 5. The van der Waals surface area contributed by atoms with Crippen LogP contribution in [0.5, 0.6) is 0 Å². The number of aliphatic hydroxyl groups excluding tert-OH is 4. The van der Waals surface area contributed by atoms with Gasteiger partial charge in [0.2, 0.25) is 6.29 Å². The van der Waals surface area contributed by atoms with Crippen molar-refractivity contribution in [1.29, 1.82) is 0 Å². The van der Waals surface area contributed by atoms with E-state index in [-0.39, 0.29) is 40.9 Å². The molecule has 0 radical (unpaired) electrons. The number of hydrogen-bond acceptors (Lipinski definition) is 23. The highest BCUT2D eigenvalue weighted by Crippen LogP contribution is 2.55. The van der Waals surface area contributed by atoms with Gasteiger partial charge in [0.25, 0.3) is 5.54 Å². The number of methoxy groups -OCH3 is 3. The quantitative estimate of drug-likeness (QED) is 0.0759. The van der Waals surface area contributed by atoms with Crippen LogP contribution in [0.2, 0.25) is 0 Å². The van der Waals surface area contributed by atoms with Crippen molar-refractivity contribution in [3.63, 3.8) is 0 Å². The van der Waals surface area contributed by atoms with Crippen LogP contribution in [0.4, 0.5) is 0 Å². The lowest BCUT2D eigenvalue weighted by Gasteiger charge is -2.59. The molecular weight excluding hydrogens is 993 g/mol. The van der Waals surface area contributed by atoms with Gasteiger partial charge >= 0.3 is 0 Å². The fourth-order valence-electron chi connectivity index (χ4n) is 13.7. The first-order valence-electron chi connectivity index (χ1n) is 25.4. The van der Waals surface area contributed by atoms with E-state index in [1.807, 2.05) is 0 Å². The van der Waals surface area contributed by atoms with Crippen molar-refractivity contribution in [2.45, 2.75) is 213 Å². The topological polar surface area (TPSA) is 324 Å². The Hall–Kier alpha value is -3.22. The molecular formula is C51H74N2O22. The maximum absolute atomic E-state index is 15.4. The lowest BCUT2D eigenvalue weighted by atomic mass is 9.62. The zero-order valence-corrected chi connectivity index (χ0v) is 44.5. The molecule has 24 nitrogen and oxygen atoms in total. The average Bonchev–Trinajstić information content (AvgIpc) is 3.31. The molecule has 0 aromatic heterocycles. The lowest BCUT2D eigenvalue weighted by molar-refractivity contribution is -0.600. The van der Waals surface area contributed by atoms with Crippen LogP contribution in [0.3, 0.4) is 0 Å². The molecule has 0 aromatic carbocycles. The van der Waals surface area contributed by atoms with E-state index in [1.165, 1.54) is 62.9 Å². The molecule has 5 aliphatic heterocycles. The van der Waals surface area contributed by atoms with Crippen molar-refractivity contribution < 1.29 is 102 Å². The summed E-state index contributed by atoms with van der Waals surface area (Å²) in [5.41, 5.74) is -8.67. The van der Waals surface area contributed by atoms with Gasteiger partial charge in [0, 0.05) is 50.7 Å². The molecule has 420 valence electrons. The second-order valence-electron chi connectivity index (χ2n) is 23.1. The molecule has 75 heavy (non-hydrogen) atoms. The Labute approximate surface area is 434 Å². The Morgan fingerprint density at radius 2 is 1.32 bits per heavy atom. The molecule has 24 heteroatoms. The summed E-state index contributed by atoms with van der Waals surface area (Å²) >= 11 is 0. The minimum atomic E-state index is -1.94. The molecule has 0 saturated carbocycles. The number of rotatable bonds is 11. The number of ketones is 2. The molecule has 0 amide bonds. The van der Waals surface area contributed by atoms with Crippen molar-refractivity contribution in [3.8, 4) is 0 Å². The minimum absolute atomic E-state index is 0.0117. The smallest absolute Gasteiger partial charge is 0.252 e. The fourth-order valence-corrected chi connectivity index (χ4v) is 13.7. The fraction of sp³-hybridized carbons (Fsp3) is 0.804. The average molecular weight is 1070 g/mol. The van der Waals surface area contributed by atoms with Gasteiger partial charge in [0.15, 0.2) is 36.5 Å². The Kier molecular flexibility index (Phi) is 14.7. The number of carbonyl (C=O) groups is 2. The number of allylic oxidation sites excluding steroid dienone is 3. The number of nitro groups is 1. The van der Waals surface area contributed by atoms with Gasteiger partial charge in [-0.1, -0.05) is 17.7 Å². The third kappa shape index (κ3) is 8.65. The van der Waals surface area contributed by atoms with Crippen LogP contribution in [-0.4, -0.2) is 231 Å². The van der Waals surface area contributed by atoms with Gasteiger partial charge in [-0.2, -0.15) is 0 Å². The zero-order valence-electron chi connectivity index (χ0n) is 44.5. The van der Waals surface area contributed by atoms with E-state index in [4.69, 9.17) is 52.1 Å². The van der Waals surface area contributed by atoms with E-state index in [9.17, 15) is 50.7 Å². The molecule has 5 fully saturated rings. The molecule has 9 aliphatic rings. The summed E-state index contributed by atoms with van der Waals surface area (Å²) in [6.07, 6.45) is -19.6. The predicted molar refractivity (Wildman–Crippen MR) is 254 cm³/mol. The number of nitrogens with zero attached hydrogens (tertiary/aromatic N) is 2. The first kappa shape index (κ1) is 56.5. The summed E-state index contributed by atoms with van der Waals surface area (Å²) in [7, 11) is 7.31. The van der Waals surface area contributed by atoms with Crippen LogP contribution < -0.4 is 0 Å². The Morgan fingerprint density at radius 3 is 1.87 bits per heavy atom. The van der Waals surface area contributed by atoms with Crippen LogP contribution >= 0.6 is 0 Å². The largest absolute Gasteiger partial charge is 0.465 e. The van der Waals surface area contributed by atoms with Crippen LogP contribution in [0, 0.1) is 22.0 Å². The molecule has 5 saturated heterocycles. The molecule has 0 spiro atoms. The van der Waals surface area contributed by atoms with Crippen molar-refractivity contribution in [1.82, 2.24) is 4.90 Å². The molecule has 4 aliphatic carbocycles. The van der Waals surface area contributed by atoms with Gasteiger partial charge in [0.05, 0.1) is 53.8 Å². The molecule has 0 aromatic rings. The number of hydrogen-bond donors (Lipinski definition) is 7. The monoisotopic (exact) mass is 1070 g/mol. The Bertz CT molecular complexity index is 2420. The maximum Gasteiger partial charge on any atom is 0.252 e. The zero-order chi connectivity index (χ0) is 55.1. The highest BCUT2D eigenvalue weighted by molar-refractivity contribution is 6.24. The number of ether oxygens (including phenoxy) is 11. The van der Waals surface area contributed by atoms with E-state index >= 15 is 4.79 Å². The second kappa shape index (κ2) is 19.5. The molecule has 25 atom stereocenters. The Morgan fingerprint density at radius 1 is 0.747 bits per heavy atom. The van der Waals surface area contributed by atoms with Gasteiger partial charge in [-0.15, -0.1) is 0 Å². The van der Waals surface area contributed by atoms with Gasteiger partial charge in [-0.25, -0.2) is 0 Å². The SMILES string of the molecule is CO[C@H]1[C@H](O[C@@H]2C3=C(CC4=C(C(=O)C5=C6O[C@@H]7O[C@](C)(C6C=CC5C4=O)[C@@H](O[C@H]4C[C@](C)([N+](=O)[O-])[C@H](O[C@@H]5O[C@@H](C)[C@H](O)[C@@](C)(O)[C@H]5OC)[C@@H](C)O4)[C@@H](N(C)C)[C@@H]7O)C3O)C[C@](C)(O)[C@H]2OC)O[C@@H](C)[C@H](O)[C@@]1(C)O. The van der Waals surface area contributed by atoms with Crippen LogP contribution in [0.1, 0.15) is 74.7 Å². The van der Waals surface area contributed by atoms with Crippen LogP contribution in [-0.2, 0) is 61.7 Å². The van der Waals surface area contributed by atoms with Crippen LogP contribution in [0.15, 0.2) is 45.8 Å². The van der Waals surface area contributed by atoms with E-state index in [0.29, 0.717) is 5.57 Å². The van der Waals surface area contributed by atoms with Gasteiger partial charge in [-0.3, -0.25) is 19.7 Å². The maximum atomic E-state index is 15.4. The third-order valence-electron chi connectivity index (χ3n) is 17.7. The molecule has 7 N–H and O–H groups in total. The number of aliphatic hydroxyl groups is 7. The molecule has 3 unspecified atom stereocenters. The Balaban J connectivity index is 1.04. The van der Waals surface area contributed by atoms with Crippen molar-refractivity contribution in [2.24, 2.45) is 11.8 Å². The second-order valence-corrected chi connectivity index (χ2v) is 23.1. The minimum Gasteiger partial charge on any atom is -0.465 e. The summed E-state index contributed by atoms with van der Waals surface area (Å²) in [5.74, 6) is -3.44. The first-order chi connectivity index (χ1) is 34.9. The highest BCUT2D eigenvalue weighted by Gasteiger charge is 2.67. The predicted octanol–water partition coefficient (Wildman–Crippen LogP) is -0.772. The molecule has 9 rings (SSSR count). The third-order valence-corrected chi connectivity index (χ3v) is 17.7. The van der Waals surface area contributed by atoms with Gasteiger partial charge in [0.1, 0.15) is 77.5 Å². The van der Waals surface area contributed by atoms with Crippen molar-refractivity contribution in [2.75, 3.05) is 35.4 Å². The number of Topliss-reactive ketones (excluding diaryl/α,β-unsaturated/α-hetero) is 2. The molecule has 2 bridgehead atoms. The van der Waals surface area contributed by atoms with E-state index in [0.717, 1.165) is 0 Å². The summed E-state index contributed by atoms with van der Waals surface area (Å²) in [6.45, 7) is 11.9. The number of carbonyl (C=O) groups excluding carboxylic acids is 2. The highest BCUT2D eigenvalue weighted by atomic mass is 16.8. The summed E-state index contributed by atoms with van der Waals surface area (Å²) < 4.78 is 68.0. The van der Waals surface area contributed by atoms with Gasteiger partial charge in [-0.05, 0) is 74.6 Å². The lowest BCUT2D eigenvalue weighted by Crippen LogP contribution is -2.73. The standard InChI is InChI=1S/C51H74N2O22/c1-19-37(58)49(6,61)42(66-12)45(69-19)73-36-27-22(17-48(5,60)41(36)65-11)16-24-28(32(27)55)33(56)29-23(31(24)54)14-15-25-35(29)72-44-34(57)30(52(9)10)40(51(25,8)75-44)71-26-18-47(4,53(63)64)39(21(3)68-26)74-46-43(67-13)50(7,62)38(59)20(2)70-46/h14-15,19-21,23,25-26,30,32,34,36-46,55,57-62H,16-18H2,1-13H3/t19-,20-,21+,23?,25?,26-,30-,32?,34-,36+,37-,38-,39+,40-,41-,42-,43-,44+,45-,46-,47-,48-,49+,50+,51+/m0/s1. The van der Waals surface area contributed by atoms with E-state index in [2.05, 4.69) is 0 Å². The number of likely N-dealkylation sites (N-methyl/N-ethyl adjacent to an activating group) is 1. The van der Waals surface area contributed by atoms with Crippen LogP contribution in [0.25, 0.3) is 0 Å². The van der Waals surface area contributed by atoms with E-state index < -0.39 is 173 Å². The van der Waals surface area contributed by atoms with Crippen molar-refractivity contribution >= 4 is 11.6 Å². The normalized spacial score (nSPS) is 50.8. The summed E-state index contributed by atoms with van der Waals surface area (Å²) in [6, 6.07) is -0.923. The molecule has 5 heterocycles.